The summed E-state index contributed by atoms with van der Waals surface area (Å²) in [5, 5.41) is 2.30. The van der Waals surface area contributed by atoms with Gasteiger partial charge in [-0.05, 0) is 40.5 Å². The predicted molar refractivity (Wildman–Crippen MR) is 236 cm³/mol. The van der Waals surface area contributed by atoms with Gasteiger partial charge in [-0.15, -0.1) is 22.7 Å². The van der Waals surface area contributed by atoms with Gasteiger partial charge in [0.15, 0.2) is 11.6 Å². The maximum Gasteiger partial charge on any atom is 0.161 e. The summed E-state index contributed by atoms with van der Waals surface area (Å²) in [6, 6.07) is 63.7. The Kier molecular flexibility index (Phi) is 7.83. The largest absolute Gasteiger partial charge is 0.226 e. The van der Waals surface area contributed by atoms with Crippen LogP contribution in [-0.4, -0.2) is 19.9 Å². The van der Waals surface area contributed by atoms with E-state index in [-0.39, 0.29) is 0 Å². The van der Waals surface area contributed by atoms with E-state index in [2.05, 4.69) is 170 Å². The van der Waals surface area contributed by atoms with Crippen LogP contribution in [0.5, 0.6) is 0 Å². The van der Waals surface area contributed by atoms with Gasteiger partial charge in [-0.2, -0.15) is 0 Å². The third kappa shape index (κ3) is 5.50. The van der Waals surface area contributed by atoms with Gasteiger partial charge in [0.25, 0.3) is 0 Å². The van der Waals surface area contributed by atoms with Crippen molar-refractivity contribution in [1.29, 1.82) is 0 Å². The molecule has 6 heteroatoms. The number of hydrogen-bond acceptors (Lipinski definition) is 6. The molecule has 262 valence electrons. The van der Waals surface area contributed by atoms with E-state index < -0.39 is 0 Å². The third-order valence-corrected chi connectivity index (χ3v) is 12.7. The number of fused-ring (bicyclic) bond motifs is 6. The quantitative estimate of drug-likeness (QED) is 0.170. The van der Waals surface area contributed by atoms with Gasteiger partial charge < -0.3 is 0 Å². The molecule has 0 radical (unpaired) electrons. The van der Waals surface area contributed by atoms with Crippen molar-refractivity contribution in [2.24, 2.45) is 0 Å². The lowest BCUT2D eigenvalue weighted by molar-refractivity contribution is 1.24. The predicted octanol–water partition coefficient (Wildman–Crippen LogP) is 14.0. The van der Waals surface area contributed by atoms with Crippen LogP contribution in [-0.2, 0) is 0 Å². The summed E-state index contributed by atoms with van der Waals surface area (Å²) >= 11 is 3.51. The fourth-order valence-corrected chi connectivity index (χ4v) is 10.0. The first-order valence-corrected chi connectivity index (χ1v) is 20.2. The number of hydrogen-bond donors (Lipinski definition) is 0. The lowest BCUT2D eigenvalue weighted by Gasteiger charge is -2.15. The number of aromatic nitrogens is 4. The molecule has 0 spiro atoms. The fourth-order valence-electron chi connectivity index (χ4n) is 7.72. The van der Waals surface area contributed by atoms with Crippen LogP contribution in [0.3, 0.4) is 0 Å². The van der Waals surface area contributed by atoms with E-state index in [0.29, 0.717) is 11.6 Å². The highest BCUT2D eigenvalue weighted by Gasteiger charge is 2.21. The number of nitrogens with zero attached hydrogens (tertiary/aromatic N) is 4. The van der Waals surface area contributed by atoms with Crippen molar-refractivity contribution in [3.63, 3.8) is 0 Å². The molecule has 4 aromatic heterocycles. The van der Waals surface area contributed by atoms with E-state index in [4.69, 9.17) is 19.9 Å². The van der Waals surface area contributed by atoms with Crippen LogP contribution in [0.25, 0.3) is 108 Å². The minimum Gasteiger partial charge on any atom is -0.226 e. The van der Waals surface area contributed by atoms with E-state index in [9.17, 15) is 0 Å². The van der Waals surface area contributed by atoms with Gasteiger partial charge in [-0.3, -0.25) is 0 Å². The molecule has 0 aliphatic carbocycles. The van der Waals surface area contributed by atoms with Gasteiger partial charge in [0.2, 0.25) is 0 Å². The van der Waals surface area contributed by atoms with E-state index >= 15 is 0 Å². The first-order valence-electron chi connectivity index (χ1n) is 18.6. The van der Waals surface area contributed by atoms with Gasteiger partial charge in [0.05, 0.1) is 31.8 Å². The van der Waals surface area contributed by atoms with Gasteiger partial charge in [0, 0.05) is 42.4 Å². The molecule has 0 saturated heterocycles. The maximum absolute atomic E-state index is 5.34. The molecule has 0 atom stereocenters. The molecule has 0 amide bonds. The summed E-state index contributed by atoms with van der Waals surface area (Å²) in [6.45, 7) is 0. The van der Waals surface area contributed by atoms with E-state index in [1.165, 1.54) is 9.40 Å². The summed E-state index contributed by atoms with van der Waals surface area (Å²) < 4.78 is 4.61. The highest BCUT2D eigenvalue weighted by molar-refractivity contribution is 7.26. The molecular formula is C50H30N4S2. The first kappa shape index (κ1) is 32.6. The van der Waals surface area contributed by atoms with Crippen molar-refractivity contribution in [3.05, 3.63) is 182 Å². The molecule has 56 heavy (non-hydrogen) atoms. The molecule has 11 aromatic rings. The van der Waals surface area contributed by atoms with Crippen molar-refractivity contribution in [1.82, 2.24) is 19.9 Å². The van der Waals surface area contributed by atoms with Crippen LogP contribution < -0.4 is 0 Å². The summed E-state index contributed by atoms with van der Waals surface area (Å²) in [5.74, 6) is 1.41. The molecule has 0 fully saturated rings. The van der Waals surface area contributed by atoms with Crippen LogP contribution in [0, 0.1) is 0 Å². The average molecular weight is 751 g/mol. The van der Waals surface area contributed by atoms with Gasteiger partial charge in [-0.25, -0.2) is 19.9 Å². The topological polar surface area (TPSA) is 51.6 Å². The Labute approximate surface area is 331 Å². The minimum absolute atomic E-state index is 0.706. The van der Waals surface area contributed by atoms with Crippen molar-refractivity contribution >= 4 is 63.3 Å². The first-order chi connectivity index (χ1) is 27.8. The Morgan fingerprint density at radius 1 is 0.304 bits per heavy atom. The lowest BCUT2D eigenvalue weighted by atomic mass is 9.91. The van der Waals surface area contributed by atoms with Crippen molar-refractivity contribution in [2.75, 3.05) is 0 Å². The molecule has 4 heterocycles. The minimum atomic E-state index is 0.706. The van der Waals surface area contributed by atoms with Crippen molar-refractivity contribution in [2.45, 2.75) is 0 Å². The zero-order valence-corrected chi connectivity index (χ0v) is 31.6. The molecule has 0 saturated carbocycles. The molecule has 0 aliphatic heterocycles. The van der Waals surface area contributed by atoms with Crippen LogP contribution in [0.1, 0.15) is 0 Å². The lowest BCUT2D eigenvalue weighted by Crippen LogP contribution is -1.96. The fraction of sp³-hybridized carbons (Fsp3) is 0. The van der Waals surface area contributed by atoms with E-state index in [0.717, 1.165) is 87.1 Å². The molecule has 0 N–H and O–H groups in total. The summed E-state index contributed by atoms with van der Waals surface area (Å²) in [5.41, 5.74) is 12.3. The molecule has 0 bridgehead atoms. The van der Waals surface area contributed by atoms with E-state index in [1.54, 1.807) is 22.7 Å². The number of rotatable bonds is 6. The van der Waals surface area contributed by atoms with Gasteiger partial charge in [0.1, 0.15) is 0 Å². The standard InChI is InChI=1S/C50H30N4S2/c1-3-16-31(17-4-1)43-47-45(39-26-11-13-28-41(39)55-47)53-49(51-43)34-21-15-20-33(30-34)35-22-7-8-23-36(35)37-24-9-10-25-38(37)50-52-44(32-18-5-2-6-19-32)48-46(54-50)40-27-12-14-29-42(40)56-48/h1-30H. The van der Waals surface area contributed by atoms with Crippen molar-refractivity contribution < 1.29 is 0 Å². The zero-order valence-electron chi connectivity index (χ0n) is 29.9. The zero-order chi connectivity index (χ0) is 37.0. The molecular weight excluding hydrogens is 721 g/mol. The van der Waals surface area contributed by atoms with E-state index in [1.807, 2.05) is 12.1 Å². The smallest absolute Gasteiger partial charge is 0.161 e. The second-order valence-electron chi connectivity index (χ2n) is 13.7. The van der Waals surface area contributed by atoms with Gasteiger partial charge >= 0.3 is 0 Å². The summed E-state index contributed by atoms with van der Waals surface area (Å²) in [6.07, 6.45) is 0. The highest BCUT2D eigenvalue weighted by atomic mass is 32.1. The second kappa shape index (κ2) is 13.5. The maximum atomic E-state index is 5.34. The molecule has 4 nitrogen and oxygen atoms in total. The summed E-state index contributed by atoms with van der Waals surface area (Å²) in [4.78, 5) is 21.2. The number of thiophene rings is 2. The molecule has 0 unspecified atom stereocenters. The summed E-state index contributed by atoms with van der Waals surface area (Å²) in [7, 11) is 0. The Balaban J connectivity index is 1.08. The van der Waals surface area contributed by atoms with Crippen LogP contribution >= 0.6 is 22.7 Å². The Hall–Kier alpha value is -6.86. The van der Waals surface area contributed by atoms with Crippen LogP contribution in [0.4, 0.5) is 0 Å². The monoisotopic (exact) mass is 750 g/mol. The van der Waals surface area contributed by atoms with Crippen LogP contribution in [0.2, 0.25) is 0 Å². The Morgan fingerprint density at radius 3 is 1.34 bits per heavy atom. The average Bonchev–Trinajstić information content (AvgIpc) is 3.85. The molecule has 11 rings (SSSR count). The third-order valence-electron chi connectivity index (χ3n) is 10.4. The second-order valence-corrected chi connectivity index (χ2v) is 15.9. The Bertz CT molecular complexity index is 3260. The highest BCUT2D eigenvalue weighted by Crippen LogP contribution is 2.43. The molecule has 0 aliphatic rings. The normalized spacial score (nSPS) is 11.6. The Morgan fingerprint density at radius 2 is 0.732 bits per heavy atom. The van der Waals surface area contributed by atoms with Crippen molar-refractivity contribution in [3.8, 4) is 67.5 Å². The van der Waals surface area contributed by atoms with Gasteiger partial charge in [-0.1, -0.05) is 164 Å². The SMILES string of the molecule is c1ccc(-c2nc(-c3cccc(-c4ccccc4-c4ccccc4-c4nc(-c5ccccc5)c5sc6ccccc6c5n4)c3)nc3c2sc2ccccc23)cc1. The van der Waals surface area contributed by atoms with Crippen LogP contribution in [0.15, 0.2) is 182 Å². The molecule has 7 aromatic carbocycles. The number of benzene rings is 7.